The number of rotatable bonds is 5. The van der Waals surface area contributed by atoms with Crippen molar-refractivity contribution in [2.75, 3.05) is 7.11 Å². The lowest BCUT2D eigenvalue weighted by molar-refractivity contribution is -0.136. The van der Waals surface area contributed by atoms with E-state index in [1.807, 2.05) is 0 Å². The fourth-order valence-electron chi connectivity index (χ4n) is 1.41. The number of hydrogen-bond donors (Lipinski definition) is 2. The number of carboxylic acid groups (broad SMARTS) is 1. The van der Waals surface area contributed by atoms with Crippen molar-refractivity contribution in [2.24, 2.45) is 0 Å². The van der Waals surface area contributed by atoms with Crippen molar-refractivity contribution >= 4 is 5.97 Å². The summed E-state index contributed by atoms with van der Waals surface area (Å²) in [6, 6.07) is 5.07. The highest BCUT2D eigenvalue weighted by Gasteiger charge is 2.08. The van der Waals surface area contributed by atoms with Crippen molar-refractivity contribution in [1.29, 1.82) is 0 Å². The van der Waals surface area contributed by atoms with E-state index in [0.29, 0.717) is 18.6 Å². The van der Waals surface area contributed by atoms with Crippen LogP contribution >= 0.6 is 0 Å². The largest absolute Gasteiger partial charge is 0.508 e. The number of aliphatic carboxylic acids is 1. The van der Waals surface area contributed by atoms with Gasteiger partial charge in [-0.1, -0.05) is 12.1 Å². The number of phenolic OH excluding ortho intramolecular Hbond substituents is 1. The molecule has 0 spiro atoms. The molecule has 0 aromatic heterocycles. The van der Waals surface area contributed by atoms with Crippen molar-refractivity contribution in [2.45, 2.75) is 19.4 Å². The lowest BCUT2D eigenvalue weighted by Gasteiger charge is -2.09. The van der Waals surface area contributed by atoms with E-state index >= 15 is 0 Å². The summed E-state index contributed by atoms with van der Waals surface area (Å²) >= 11 is 0. The summed E-state index contributed by atoms with van der Waals surface area (Å²) in [5.74, 6) is -0.693. The Balaban J connectivity index is 2.85. The quantitative estimate of drug-likeness (QED) is 0.773. The molecule has 1 rings (SSSR count). The monoisotopic (exact) mass is 210 g/mol. The summed E-state index contributed by atoms with van der Waals surface area (Å²) in [5.41, 5.74) is 1.49. The maximum atomic E-state index is 10.4. The topological polar surface area (TPSA) is 66.8 Å². The second-order valence-corrected chi connectivity index (χ2v) is 3.24. The lowest BCUT2D eigenvalue weighted by atomic mass is 10.0. The molecule has 1 aromatic rings. The van der Waals surface area contributed by atoms with Crippen LogP contribution in [-0.2, 0) is 22.6 Å². The minimum Gasteiger partial charge on any atom is -0.508 e. The van der Waals surface area contributed by atoms with Crippen LogP contribution < -0.4 is 0 Å². The van der Waals surface area contributed by atoms with E-state index in [2.05, 4.69) is 0 Å². The maximum Gasteiger partial charge on any atom is 0.303 e. The number of aryl methyl sites for hydroxylation is 1. The highest BCUT2D eigenvalue weighted by molar-refractivity contribution is 5.67. The third-order valence-corrected chi connectivity index (χ3v) is 2.15. The van der Waals surface area contributed by atoms with Gasteiger partial charge in [0.15, 0.2) is 0 Å². The number of carboxylic acids is 1. The smallest absolute Gasteiger partial charge is 0.303 e. The Kier molecular flexibility index (Phi) is 4.12. The third-order valence-electron chi connectivity index (χ3n) is 2.15. The number of phenols is 1. The Labute approximate surface area is 88.1 Å². The predicted octanol–water partition coefficient (Wildman–Crippen LogP) is 1.56. The maximum absolute atomic E-state index is 10.4. The number of benzene rings is 1. The zero-order valence-corrected chi connectivity index (χ0v) is 8.56. The molecule has 15 heavy (non-hydrogen) atoms. The first-order valence-corrected chi connectivity index (χ1v) is 4.65. The fraction of sp³-hybridized carbons (Fsp3) is 0.364. The first kappa shape index (κ1) is 11.5. The van der Waals surface area contributed by atoms with Gasteiger partial charge in [0.2, 0.25) is 0 Å². The van der Waals surface area contributed by atoms with E-state index in [1.165, 1.54) is 7.11 Å². The first-order chi connectivity index (χ1) is 7.15. The SMILES string of the molecule is COCc1c(O)cccc1CCC(=O)O. The van der Waals surface area contributed by atoms with Crippen LogP contribution in [0, 0.1) is 0 Å². The second-order valence-electron chi connectivity index (χ2n) is 3.24. The van der Waals surface area contributed by atoms with E-state index in [1.54, 1.807) is 18.2 Å². The number of carbonyl (C=O) groups is 1. The van der Waals surface area contributed by atoms with E-state index in [0.717, 1.165) is 5.56 Å². The Hall–Kier alpha value is -1.55. The summed E-state index contributed by atoms with van der Waals surface area (Å²) < 4.78 is 4.95. The van der Waals surface area contributed by atoms with Crippen molar-refractivity contribution in [3.63, 3.8) is 0 Å². The van der Waals surface area contributed by atoms with Gasteiger partial charge in [-0.05, 0) is 18.1 Å². The molecule has 0 aliphatic carbocycles. The predicted molar refractivity (Wildman–Crippen MR) is 54.8 cm³/mol. The molecule has 0 saturated carbocycles. The van der Waals surface area contributed by atoms with Gasteiger partial charge >= 0.3 is 5.97 Å². The van der Waals surface area contributed by atoms with Crippen molar-refractivity contribution < 1.29 is 19.7 Å². The van der Waals surface area contributed by atoms with Crippen molar-refractivity contribution in [3.8, 4) is 5.75 Å². The second kappa shape index (κ2) is 5.36. The van der Waals surface area contributed by atoms with Gasteiger partial charge in [0, 0.05) is 19.1 Å². The molecule has 0 radical (unpaired) electrons. The standard InChI is InChI=1S/C11H14O4/c1-15-7-9-8(5-6-11(13)14)3-2-4-10(9)12/h2-4,12H,5-7H2,1H3,(H,13,14). The molecule has 0 fully saturated rings. The summed E-state index contributed by atoms with van der Waals surface area (Å²) in [4.78, 5) is 10.4. The highest BCUT2D eigenvalue weighted by atomic mass is 16.5. The number of methoxy groups -OCH3 is 1. The summed E-state index contributed by atoms with van der Waals surface area (Å²) in [7, 11) is 1.54. The molecule has 82 valence electrons. The normalized spacial score (nSPS) is 10.2. The molecule has 0 unspecified atom stereocenters. The van der Waals surface area contributed by atoms with Crippen LogP contribution in [0.2, 0.25) is 0 Å². The molecule has 4 nitrogen and oxygen atoms in total. The minimum atomic E-state index is -0.846. The molecular formula is C11H14O4. The Morgan fingerprint density at radius 3 is 2.80 bits per heavy atom. The molecule has 0 atom stereocenters. The molecule has 0 aliphatic rings. The van der Waals surface area contributed by atoms with Gasteiger partial charge in [-0.3, -0.25) is 4.79 Å². The summed E-state index contributed by atoms with van der Waals surface area (Å²) in [6.07, 6.45) is 0.461. The lowest BCUT2D eigenvalue weighted by Crippen LogP contribution is -2.01. The molecule has 4 heteroatoms. The van der Waals surface area contributed by atoms with Crippen LogP contribution in [0.4, 0.5) is 0 Å². The minimum absolute atomic E-state index is 0.0557. The fourth-order valence-corrected chi connectivity index (χ4v) is 1.41. The number of hydrogen-bond acceptors (Lipinski definition) is 3. The third kappa shape index (κ3) is 3.25. The Morgan fingerprint density at radius 2 is 2.20 bits per heavy atom. The van der Waals surface area contributed by atoms with Crippen LogP contribution in [-0.4, -0.2) is 23.3 Å². The van der Waals surface area contributed by atoms with Crippen molar-refractivity contribution in [3.05, 3.63) is 29.3 Å². The van der Waals surface area contributed by atoms with Gasteiger partial charge < -0.3 is 14.9 Å². The van der Waals surface area contributed by atoms with E-state index < -0.39 is 5.97 Å². The number of ether oxygens (including phenoxy) is 1. The van der Waals surface area contributed by atoms with Crippen LogP contribution in [0.3, 0.4) is 0 Å². The molecule has 0 amide bonds. The summed E-state index contributed by atoms with van der Waals surface area (Å²) in [5, 5.41) is 18.1. The van der Waals surface area contributed by atoms with Gasteiger partial charge in [0.1, 0.15) is 5.75 Å². The Morgan fingerprint density at radius 1 is 1.47 bits per heavy atom. The van der Waals surface area contributed by atoms with Gasteiger partial charge in [0.25, 0.3) is 0 Å². The zero-order valence-electron chi connectivity index (χ0n) is 8.56. The Bertz CT molecular complexity index is 346. The number of aromatic hydroxyl groups is 1. The molecule has 0 saturated heterocycles. The molecular weight excluding hydrogens is 196 g/mol. The zero-order chi connectivity index (χ0) is 11.3. The van der Waals surface area contributed by atoms with E-state index in [9.17, 15) is 9.90 Å². The molecule has 1 aromatic carbocycles. The highest BCUT2D eigenvalue weighted by Crippen LogP contribution is 2.22. The van der Waals surface area contributed by atoms with Crippen LogP contribution in [0.5, 0.6) is 5.75 Å². The van der Waals surface area contributed by atoms with E-state index in [-0.39, 0.29) is 12.2 Å². The average Bonchev–Trinajstić information content (AvgIpc) is 2.19. The van der Waals surface area contributed by atoms with Gasteiger partial charge in [-0.2, -0.15) is 0 Å². The van der Waals surface area contributed by atoms with Crippen LogP contribution in [0.1, 0.15) is 17.5 Å². The van der Waals surface area contributed by atoms with Gasteiger partial charge in [-0.25, -0.2) is 0 Å². The molecule has 2 N–H and O–H groups in total. The molecule has 0 aliphatic heterocycles. The molecule has 0 bridgehead atoms. The van der Waals surface area contributed by atoms with Gasteiger partial charge in [-0.15, -0.1) is 0 Å². The van der Waals surface area contributed by atoms with E-state index in [4.69, 9.17) is 9.84 Å². The summed E-state index contributed by atoms with van der Waals surface area (Å²) in [6.45, 7) is 0.293. The first-order valence-electron chi connectivity index (χ1n) is 4.65. The van der Waals surface area contributed by atoms with Gasteiger partial charge in [0.05, 0.1) is 6.61 Å². The van der Waals surface area contributed by atoms with Crippen LogP contribution in [0.15, 0.2) is 18.2 Å². The average molecular weight is 210 g/mol. The molecule has 0 heterocycles. The van der Waals surface area contributed by atoms with Crippen molar-refractivity contribution in [1.82, 2.24) is 0 Å². The van der Waals surface area contributed by atoms with Crippen LogP contribution in [0.25, 0.3) is 0 Å².